The van der Waals surface area contributed by atoms with Crippen LogP contribution in [0.25, 0.3) is 0 Å². The van der Waals surface area contributed by atoms with Crippen LogP contribution < -0.4 is 39.6 Å². The minimum absolute atomic E-state index is 0. The van der Waals surface area contributed by atoms with Gasteiger partial charge in [0, 0.05) is 17.1 Å². The summed E-state index contributed by atoms with van der Waals surface area (Å²) in [5.41, 5.74) is 0. The van der Waals surface area contributed by atoms with Crippen LogP contribution in [0.5, 0.6) is 5.75 Å². The van der Waals surface area contributed by atoms with E-state index in [9.17, 15) is 26.8 Å². The van der Waals surface area contributed by atoms with Gasteiger partial charge in [-0.1, -0.05) is 18.2 Å². The van der Waals surface area contributed by atoms with Crippen molar-refractivity contribution < 1.29 is 61.1 Å². The van der Waals surface area contributed by atoms with E-state index < -0.39 is 50.9 Å². The zero-order valence-corrected chi connectivity index (χ0v) is 16.5. The molecule has 1 saturated heterocycles. The first kappa shape index (κ1) is 21.1. The molecule has 0 radical (unpaired) electrons. The van der Waals surface area contributed by atoms with E-state index in [0.717, 1.165) is 6.26 Å². The van der Waals surface area contributed by atoms with Crippen molar-refractivity contribution in [3.8, 4) is 5.75 Å². The smallest absolute Gasteiger partial charge is 0.731 e. The number of ether oxygens (including phenoxy) is 1. The van der Waals surface area contributed by atoms with Crippen molar-refractivity contribution in [3.05, 3.63) is 30.3 Å². The molecule has 3 atom stereocenters. The molecule has 24 heavy (non-hydrogen) atoms. The Morgan fingerprint density at radius 2 is 1.96 bits per heavy atom. The number of hydrogen-bond donors (Lipinski definition) is 1. The second kappa shape index (κ2) is 8.41. The second-order valence-corrected chi connectivity index (χ2v) is 7.36. The molecule has 0 aromatic heterocycles. The van der Waals surface area contributed by atoms with Gasteiger partial charge >= 0.3 is 29.6 Å². The number of nitrogens with one attached hydrogen (secondary N) is 1. The SMILES string of the molecule is CS(=O)[C@@H]1[C@@H](NC(=O)COc2ccccc2)C(=O)N1S(=O)(=O)[O-].[Na+]. The van der Waals surface area contributed by atoms with Gasteiger partial charge in [0.2, 0.25) is 0 Å². The van der Waals surface area contributed by atoms with E-state index in [2.05, 4.69) is 5.32 Å². The maximum atomic E-state index is 11.8. The van der Waals surface area contributed by atoms with E-state index in [1.165, 1.54) is 0 Å². The van der Waals surface area contributed by atoms with E-state index in [-0.39, 0.29) is 33.9 Å². The molecule has 1 N–H and O–H groups in total. The predicted molar refractivity (Wildman–Crippen MR) is 78.3 cm³/mol. The Balaban J connectivity index is 0.00000288. The van der Waals surface area contributed by atoms with Gasteiger partial charge in [-0.15, -0.1) is 0 Å². The molecule has 1 heterocycles. The summed E-state index contributed by atoms with van der Waals surface area (Å²) in [5.74, 6) is -1.39. The average Bonchev–Trinajstić information content (AvgIpc) is 2.47. The molecule has 0 spiro atoms. The number of hydrogen-bond acceptors (Lipinski definition) is 7. The Labute approximate surface area is 163 Å². The van der Waals surface area contributed by atoms with Gasteiger partial charge in [-0.2, -0.15) is 0 Å². The molecule has 9 nitrogen and oxygen atoms in total. The first-order valence-corrected chi connectivity index (χ1v) is 9.29. The zero-order chi connectivity index (χ0) is 17.2. The van der Waals surface area contributed by atoms with Crippen molar-refractivity contribution in [3.63, 3.8) is 0 Å². The fourth-order valence-corrected chi connectivity index (χ4v) is 4.35. The van der Waals surface area contributed by atoms with Gasteiger partial charge in [0.1, 0.15) is 11.8 Å². The van der Waals surface area contributed by atoms with Crippen molar-refractivity contribution in [2.75, 3.05) is 12.9 Å². The van der Waals surface area contributed by atoms with Crippen molar-refractivity contribution in [2.24, 2.45) is 0 Å². The standard InChI is InChI=1S/C12H14N2O7S2.Na/c1-22(17)12-10(11(16)14(12)23(18,19)20)13-9(15)7-21-8-5-3-2-4-6-8;/h2-6,10,12H,7H2,1H3,(H,13,15)(H,18,19,20);/q;+1/p-1/t10-,12+,22?;/m0./s1. The number of nitrogens with zero attached hydrogens (tertiary/aromatic N) is 1. The van der Waals surface area contributed by atoms with E-state index in [1.807, 2.05) is 0 Å². The van der Waals surface area contributed by atoms with Crippen LogP contribution in [-0.4, -0.2) is 57.6 Å². The Hall–Kier alpha value is -0.980. The summed E-state index contributed by atoms with van der Waals surface area (Å²) in [6, 6.07) is 7.08. The maximum Gasteiger partial charge on any atom is 1.00 e. The molecule has 1 aromatic carbocycles. The fraction of sp³-hybridized carbons (Fsp3) is 0.333. The van der Waals surface area contributed by atoms with Crippen LogP contribution in [0.2, 0.25) is 0 Å². The molecule has 2 rings (SSSR count). The number of amides is 2. The first-order valence-electron chi connectivity index (χ1n) is 6.30. The second-order valence-electron chi connectivity index (χ2n) is 4.63. The summed E-state index contributed by atoms with van der Waals surface area (Å²) in [6.45, 7) is -0.416. The molecule has 1 fully saturated rings. The Morgan fingerprint density at radius 1 is 1.38 bits per heavy atom. The van der Waals surface area contributed by atoms with Crippen LogP contribution in [0.15, 0.2) is 30.3 Å². The molecular formula is C12H13N2NaO7S2. The maximum absolute atomic E-state index is 11.8. The predicted octanol–water partition coefficient (Wildman–Crippen LogP) is -4.44. The third-order valence-electron chi connectivity index (χ3n) is 3.01. The van der Waals surface area contributed by atoms with Crippen LogP contribution in [0.4, 0.5) is 0 Å². The molecule has 2 amide bonds. The summed E-state index contributed by atoms with van der Waals surface area (Å²) in [7, 11) is -6.91. The van der Waals surface area contributed by atoms with E-state index >= 15 is 0 Å². The van der Waals surface area contributed by atoms with Gasteiger partial charge in [0.25, 0.3) is 11.8 Å². The Bertz CT molecular complexity index is 741. The number of rotatable bonds is 6. The summed E-state index contributed by atoms with van der Waals surface area (Å²) >= 11 is 0. The molecular weight excluding hydrogens is 371 g/mol. The number of carbonyl (C=O) groups excluding carboxylic acids is 2. The summed E-state index contributed by atoms with van der Waals surface area (Å²) in [5, 5.41) is 0.807. The average molecular weight is 384 g/mol. The van der Waals surface area contributed by atoms with Crippen LogP contribution in [0.3, 0.4) is 0 Å². The Kier molecular flexibility index (Phi) is 7.38. The number of β-lactam (4-membered cyclic amide) rings is 1. The molecule has 1 aromatic rings. The van der Waals surface area contributed by atoms with Gasteiger partial charge in [-0.25, -0.2) is 12.7 Å². The Morgan fingerprint density at radius 3 is 2.46 bits per heavy atom. The van der Waals surface area contributed by atoms with Gasteiger partial charge in [0.15, 0.2) is 22.3 Å². The van der Waals surface area contributed by atoms with Gasteiger partial charge in [0.05, 0.1) is 0 Å². The van der Waals surface area contributed by atoms with Crippen LogP contribution in [-0.2, 0) is 30.7 Å². The molecule has 0 saturated carbocycles. The number of carbonyl (C=O) groups is 2. The van der Waals surface area contributed by atoms with Crippen molar-refractivity contribution in [1.82, 2.24) is 9.62 Å². The molecule has 1 aliphatic heterocycles. The van der Waals surface area contributed by atoms with Crippen LogP contribution in [0.1, 0.15) is 0 Å². The molecule has 0 bridgehead atoms. The molecule has 126 valence electrons. The van der Waals surface area contributed by atoms with Gasteiger partial charge < -0.3 is 14.6 Å². The molecule has 1 aliphatic rings. The normalized spacial score (nSPS) is 21.2. The molecule has 1 unspecified atom stereocenters. The minimum atomic E-state index is -5.08. The topological polar surface area (TPSA) is 133 Å². The van der Waals surface area contributed by atoms with Crippen molar-refractivity contribution >= 4 is 32.9 Å². The molecule has 0 aliphatic carbocycles. The quantitative estimate of drug-likeness (QED) is 0.297. The molecule has 12 heteroatoms. The van der Waals surface area contributed by atoms with Crippen molar-refractivity contribution in [2.45, 2.75) is 11.4 Å². The number of para-hydroxylation sites is 1. The third kappa shape index (κ3) is 4.77. The zero-order valence-electron chi connectivity index (χ0n) is 12.9. The summed E-state index contributed by atoms with van der Waals surface area (Å²) < 4.78 is 49.6. The summed E-state index contributed by atoms with van der Waals surface area (Å²) in [6.07, 6.45) is 1.13. The minimum Gasteiger partial charge on any atom is -0.731 e. The van der Waals surface area contributed by atoms with E-state index in [1.54, 1.807) is 30.3 Å². The summed E-state index contributed by atoms with van der Waals surface area (Å²) in [4.78, 5) is 23.4. The third-order valence-corrected chi connectivity index (χ3v) is 5.20. The van der Waals surface area contributed by atoms with Crippen molar-refractivity contribution in [1.29, 1.82) is 0 Å². The van der Waals surface area contributed by atoms with Crippen LogP contribution >= 0.6 is 0 Å². The van der Waals surface area contributed by atoms with Gasteiger partial charge in [-0.05, 0) is 12.1 Å². The largest absolute Gasteiger partial charge is 1.00 e. The monoisotopic (exact) mass is 384 g/mol. The van der Waals surface area contributed by atoms with E-state index in [4.69, 9.17) is 4.74 Å². The van der Waals surface area contributed by atoms with Gasteiger partial charge in [-0.3, -0.25) is 13.8 Å². The fourth-order valence-electron chi connectivity index (χ4n) is 2.02. The first-order chi connectivity index (χ1) is 10.7. The van der Waals surface area contributed by atoms with E-state index in [0.29, 0.717) is 5.75 Å². The number of benzene rings is 1. The van der Waals surface area contributed by atoms with Crippen LogP contribution in [0, 0.1) is 0 Å².